The van der Waals surface area contributed by atoms with Gasteiger partial charge in [-0.15, -0.1) is 0 Å². The first kappa shape index (κ1) is 18.9. The molecule has 2 aliphatic rings. The Morgan fingerprint density at radius 2 is 2.36 bits per heavy atom. The minimum absolute atomic E-state index is 0.173. The topological polar surface area (TPSA) is 118 Å². The monoisotopic (exact) mass is 391 g/mol. The van der Waals surface area contributed by atoms with Gasteiger partial charge < -0.3 is 24.6 Å². The first-order valence-corrected chi connectivity index (χ1v) is 10.5. The predicted octanol–water partition coefficient (Wildman–Crippen LogP) is 0.849. The standard InChI is InChI=1S/C14H22N3O6PS/c1-4-14-5-6-21-9(10(14)23-24(19,25)20-3)12(22-14)17-7-8(2)11(15)16-13(17)18/h7,9-10,12H,4-6H2,1-3H3,(H,19,25)(H2,15,16,18)/t9?,10?,12-,14+,24?/m1/s1. The molecule has 25 heavy (non-hydrogen) atoms. The number of aromatic nitrogens is 2. The van der Waals surface area contributed by atoms with Crippen LogP contribution in [0.25, 0.3) is 0 Å². The molecule has 0 amide bonds. The van der Waals surface area contributed by atoms with Gasteiger partial charge in [0.1, 0.15) is 23.6 Å². The van der Waals surface area contributed by atoms with Crippen molar-refractivity contribution in [3.05, 3.63) is 22.2 Å². The molecule has 11 heteroatoms. The Morgan fingerprint density at radius 3 is 3.00 bits per heavy atom. The van der Waals surface area contributed by atoms with Gasteiger partial charge in [-0.25, -0.2) is 4.79 Å². The lowest BCUT2D eigenvalue weighted by molar-refractivity contribution is -0.117. The molecule has 3 N–H and O–H groups in total. The molecule has 2 bridgehead atoms. The van der Waals surface area contributed by atoms with Crippen LogP contribution < -0.4 is 11.4 Å². The third-order valence-corrected chi connectivity index (χ3v) is 6.47. The maximum atomic E-state index is 12.3. The highest BCUT2D eigenvalue weighted by molar-refractivity contribution is 8.07. The highest BCUT2D eigenvalue weighted by Gasteiger charge is 2.60. The molecular weight excluding hydrogens is 369 g/mol. The van der Waals surface area contributed by atoms with Crippen molar-refractivity contribution in [2.45, 2.75) is 50.7 Å². The van der Waals surface area contributed by atoms with E-state index in [1.54, 1.807) is 13.1 Å². The number of nitrogen functional groups attached to an aromatic ring is 1. The summed E-state index contributed by atoms with van der Waals surface area (Å²) in [6.07, 6.45) is 0.710. The van der Waals surface area contributed by atoms with Crippen LogP contribution in [-0.2, 0) is 30.3 Å². The van der Waals surface area contributed by atoms with Crippen molar-refractivity contribution < 1.29 is 23.4 Å². The van der Waals surface area contributed by atoms with Crippen molar-refractivity contribution in [3.63, 3.8) is 0 Å². The summed E-state index contributed by atoms with van der Waals surface area (Å²) in [5.74, 6) is 0.173. The Labute approximate surface area is 150 Å². The number of anilines is 1. The van der Waals surface area contributed by atoms with Crippen LogP contribution in [0, 0.1) is 6.92 Å². The molecule has 0 aliphatic carbocycles. The molecule has 2 saturated heterocycles. The molecule has 1 aromatic rings. The van der Waals surface area contributed by atoms with E-state index in [1.165, 1.54) is 11.7 Å². The molecule has 0 aromatic carbocycles. The van der Waals surface area contributed by atoms with Gasteiger partial charge >= 0.3 is 12.4 Å². The molecule has 0 spiro atoms. The van der Waals surface area contributed by atoms with Crippen molar-refractivity contribution in [1.82, 2.24) is 9.55 Å². The summed E-state index contributed by atoms with van der Waals surface area (Å²) in [5, 5.41) is 0. The van der Waals surface area contributed by atoms with Gasteiger partial charge in [0.05, 0.1) is 6.61 Å². The molecule has 3 heterocycles. The van der Waals surface area contributed by atoms with Crippen LogP contribution in [0.4, 0.5) is 5.82 Å². The Kier molecular flexibility index (Phi) is 5.06. The molecule has 3 rings (SSSR count). The summed E-state index contributed by atoms with van der Waals surface area (Å²) >= 11 is 4.99. The minimum Gasteiger partial charge on any atom is -0.383 e. The molecule has 140 valence electrons. The Hall–Kier alpha value is -0.870. The lowest BCUT2D eigenvalue weighted by Gasteiger charge is -2.38. The van der Waals surface area contributed by atoms with E-state index < -0.39 is 36.4 Å². The number of nitrogens with zero attached hydrogens (tertiary/aromatic N) is 2. The molecular formula is C14H22N3O6PS. The SMILES string of the molecule is CC[C@]12CCOC(C1OP(O)(=S)OC)[C@H](n1cc(C)c(N)nc1=O)O2. The van der Waals surface area contributed by atoms with Crippen molar-refractivity contribution in [1.29, 1.82) is 0 Å². The van der Waals surface area contributed by atoms with E-state index in [1.807, 2.05) is 6.92 Å². The Morgan fingerprint density at radius 1 is 1.64 bits per heavy atom. The van der Waals surface area contributed by atoms with Crippen LogP contribution in [0.15, 0.2) is 11.0 Å². The number of rotatable bonds is 5. The minimum atomic E-state index is -3.43. The van der Waals surface area contributed by atoms with E-state index in [4.69, 9.17) is 36.1 Å². The third-order valence-electron chi connectivity index (χ3n) is 4.81. The average molecular weight is 391 g/mol. The first-order chi connectivity index (χ1) is 11.7. The normalized spacial score (nSPS) is 34.0. The van der Waals surface area contributed by atoms with Gasteiger partial charge in [0.2, 0.25) is 0 Å². The van der Waals surface area contributed by atoms with Gasteiger partial charge in [-0.2, -0.15) is 4.98 Å². The van der Waals surface area contributed by atoms with Crippen molar-refractivity contribution >= 4 is 24.3 Å². The van der Waals surface area contributed by atoms with Crippen molar-refractivity contribution in [2.24, 2.45) is 0 Å². The largest absolute Gasteiger partial charge is 0.383 e. The highest BCUT2D eigenvalue weighted by Crippen LogP contribution is 2.54. The van der Waals surface area contributed by atoms with Gasteiger partial charge in [0, 0.05) is 25.3 Å². The summed E-state index contributed by atoms with van der Waals surface area (Å²) in [7, 11) is 1.29. The highest BCUT2D eigenvalue weighted by atomic mass is 32.5. The fraction of sp³-hybridized carbons (Fsp3) is 0.714. The number of nitrogens with two attached hydrogens (primary N) is 1. The average Bonchev–Trinajstić information content (AvgIpc) is 2.73. The smallest absolute Gasteiger partial charge is 0.351 e. The van der Waals surface area contributed by atoms with E-state index >= 15 is 0 Å². The van der Waals surface area contributed by atoms with E-state index in [0.29, 0.717) is 25.0 Å². The number of hydrogen-bond donors (Lipinski definition) is 2. The third kappa shape index (κ3) is 3.28. The molecule has 2 fully saturated rings. The fourth-order valence-corrected chi connectivity index (χ4v) is 4.31. The summed E-state index contributed by atoms with van der Waals surface area (Å²) < 4.78 is 24.0. The summed E-state index contributed by atoms with van der Waals surface area (Å²) in [6, 6.07) is 0. The molecule has 3 unspecified atom stereocenters. The van der Waals surface area contributed by atoms with E-state index in [2.05, 4.69) is 4.98 Å². The van der Waals surface area contributed by atoms with Gasteiger partial charge in [-0.05, 0) is 25.2 Å². The van der Waals surface area contributed by atoms with Gasteiger partial charge in [-0.3, -0.25) is 9.09 Å². The number of hydrogen-bond acceptors (Lipinski definition) is 8. The summed E-state index contributed by atoms with van der Waals surface area (Å²) in [5.41, 5.74) is 5.08. The van der Waals surface area contributed by atoms with Crippen LogP contribution in [0.1, 0.15) is 31.6 Å². The zero-order valence-electron chi connectivity index (χ0n) is 14.2. The second kappa shape index (κ2) is 6.70. The number of fused-ring (bicyclic) bond motifs is 2. The molecule has 2 aliphatic heterocycles. The predicted molar refractivity (Wildman–Crippen MR) is 93.5 cm³/mol. The van der Waals surface area contributed by atoms with Gasteiger partial charge in [-0.1, -0.05) is 6.92 Å². The molecule has 0 saturated carbocycles. The van der Waals surface area contributed by atoms with Crippen LogP contribution >= 0.6 is 6.72 Å². The molecule has 5 atom stereocenters. The van der Waals surface area contributed by atoms with Crippen LogP contribution in [-0.4, -0.2) is 46.0 Å². The quantitative estimate of drug-likeness (QED) is 0.704. The van der Waals surface area contributed by atoms with E-state index in [-0.39, 0.29) is 5.82 Å². The summed E-state index contributed by atoms with van der Waals surface area (Å²) in [6.45, 7) is 0.722. The van der Waals surface area contributed by atoms with Crippen LogP contribution in [0.5, 0.6) is 0 Å². The van der Waals surface area contributed by atoms with E-state index in [9.17, 15) is 9.69 Å². The van der Waals surface area contributed by atoms with Crippen molar-refractivity contribution in [3.8, 4) is 0 Å². The summed E-state index contributed by atoms with van der Waals surface area (Å²) in [4.78, 5) is 26.2. The van der Waals surface area contributed by atoms with Crippen LogP contribution in [0.2, 0.25) is 0 Å². The van der Waals surface area contributed by atoms with Gasteiger partial charge in [0.15, 0.2) is 6.23 Å². The second-order valence-electron chi connectivity index (χ2n) is 6.19. The van der Waals surface area contributed by atoms with Gasteiger partial charge in [0.25, 0.3) is 0 Å². The molecule has 0 radical (unpaired) electrons. The first-order valence-electron chi connectivity index (χ1n) is 7.94. The zero-order valence-corrected chi connectivity index (χ0v) is 16.0. The fourth-order valence-electron chi connectivity index (χ4n) is 3.34. The van der Waals surface area contributed by atoms with Crippen LogP contribution in [0.3, 0.4) is 0 Å². The molecule has 9 nitrogen and oxygen atoms in total. The molecule has 1 aromatic heterocycles. The number of aryl methyl sites for hydroxylation is 1. The van der Waals surface area contributed by atoms with E-state index in [0.717, 1.165) is 0 Å². The maximum Gasteiger partial charge on any atom is 0.351 e. The Bertz CT molecular complexity index is 773. The maximum absolute atomic E-state index is 12.3. The second-order valence-corrected chi connectivity index (χ2v) is 9.09. The Balaban J connectivity index is 2.02. The lowest BCUT2D eigenvalue weighted by Crippen LogP contribution is -2.49. The lowest BCUT2D eigenvalue weighted by atomic mass is 9.87. The number of ether oxygens (including phenoxy) is 2. The zero-order chi connectivity index (χ0) is 18.4. The van der Waals surface area contributed by atoms with Crippen molar-refractivity contribution in [2.75, 3.05) is 19.5 Å².